The lowest BCUT2D eigenvalue weighted by Gasteiger charge is -2.06. The highest BCUT2D eigenvalue weighted by molar-refractivity contribution is 9.10. The minimum atomic E-state index is -0.294. The van der Waals surface area contributed by atoms with Crippen molar-refractivity contribution in [3.63, 3.8) is 0 Å². The maximum absolute atomic E-state index is 13.1. The number of hydrogen-bond acceptors (Lipinski definition) is 4. The van der Waals surface area contributed by atoms with Crippen molar-refractivity contribution < 1.29 is 9.50 Å². The molecule has 1 heterocycles. The van der Waals surface area contributed by atoms with Gasteiger partial charge < -0.3 is 10.4 Å². The van der Waals surface area contributed by atoms with Crippen molar-refractivity contribution in [1.82, 2.24) is 15.0 Å². The molecule has 0 saturated carbocycles. The molecule has 0 atom stereocenters. The molecular formula is C12H14BrFN4O. The van der Waals surface area contributed by atoms with Crippen LogP contribution in [-0.2, 0) is 13.1 Å². The van der Waals surface area contributed by atoms with Gasteiger partial charge in [0.05, 0.1) is 18.4 Å². The van der Waals surface area contributed by atoms with E-state index in [4.69, 9.17) is 5.11 Å². The van der Waals surface area contributed by atoms with Crippen LogP contribution in [0.5, 0.6) is 0 Å². The molecule has 19 heavy (non-hydrogen) atoms. The van der Waals surface area contributed by atoms with Gasteiger partial charge in [-0.1, -0.05) is 5.21 Å². The number of nitrogens with one attached hydrogen (secondary N) is 1. The molecule has 102 valence electrons. The average Bonchev–Trinajstić information content (AvgIpc) is 2.85. The predicted molar refractivity (Wildman–Crippen MR) is 73.2 cm³/mol. The highest BCUT2D eigenvalue weighted by Gasteiger charge is 2.04. The van der Waals surface area contributed by atoms with Gasteiger partial charge in [0.15, 0.2) is 0 Å². The number of aliphatic hydroxyl groups is 1. The van der Waals surface area contributed by atoms with Gasteiger partial charge in [-0.2, -0.15) is 0 Å². The number of aliphatic hydroxyl groups excluding tert-OH is 1. The van der Waals surface area contributed by atoms with Gasteiger partial charge in [-0.05, 0) is 40.5 Å². The number of anilines is 1. The van der Waals surface area contributed by atoms with Gasteiger partial charge >= 0.3 is 0 Å². The highest BCUT2D eigenvalue weighted by atomic mass is 79.9. The van der Waals surface area contributed by atoms with E-state index in [0.717, 1.165) is 10.2 Å². The molecule has 0 fully saturated rings. The maximum atomic E-state index is 13.1. The largest absolute Gasteiger partial charge is 0.396 e. The summed E-state index contributed by atoms with van der Waals surface area (Å²) in [7, 11) is 0. The van der Waals surface area contributed by atoms with Crippen LogP contribution in [-0.4, -0.2) is 26.7 Å². The molecule has 0 aliphatic rings. The highest BCUT2D eigenvalue weighted by Crippen LogP contribution is 2.23. The topological polar surface area (TPSA) is 63.0 Å². The molecule has 0 aliphatic carbocycles. The van der Waals surface area contributed by atoms with E-state index < -0.39 is 0 Å². The molecule has 2 rings (SSSR count). The minimum absolute atomic E-state index is 0.129. The molecule has 0 spiro atoms. The second-order valence-corrected chi connectivity index (χ2v) is 4.88. The Kier molecular flexibility index (Phi) is 4.86. The molecule has 2 aromatic rings. The second kappa shape index (κ2) is 6.63. The summed E-state index contributed by atoms with van der Waals surface area (Å²) in [6.45, 7) is 1.22. The van der Waals surface area contributed by atoms with Crippen LogP contribution in [0.1, 0.15) is 12.1 Å². The monoisotopic (exact) mass is 328 g/mol. The predicted octanol–water partition coefficient (Wildman–Crippen LogP) is 2.17. The number of rotatable bonds is 6. The molecule has 1 aromatic heterocycles. The Labute approximate surface area is 118 Å². The van der Waals surface area contributed by atoms with E-state index >= 15 is 0 Å². The fraction of sp³-hybridized carbons (Fsp3) is 0.333. The Bertz CT molecular complexity index is 546. The third-order valence-corrected chi connectivity index (χ3v) is 3.21. The van der Waals surface area contributed by atoms with E-state index in [1.165, 1.54) is 12.1 Å². The lowest BCUT2D eigenvalue weighted by Crippen LogP contribution is -2.01. The molecule has 5 nitrogen and oxygen atoms in total. The standard InChI is InChI=1S/C12H14BrFN4O/c13-11-3-2-9(14)6-12(11)15-7-10-8-18(17-16-10)4-1-5-19/h2-3,6,8,15,19H,1,4-5,7H2. The zero-order chi connectivity index (χ0) is 13.7. The summed E-state index contributed by atoms with van der Waals surface area (Å²) < 4.78 is 15.6. The van der Waals surface area contributed by atoms with Crippen molar-refractivity contribution in [2.24, 2.45) is 0 Å². The number of nitrogens with zero attached hydrogens (tertiary/aromatic N) is 3. The summed E-state index contributed by atoms with van der Waals surface area (Å²) >= 11 is 3.35. The van der Waals surface area contributed by atoms with Crippen LogP contribution < -0.4 is 5.32 Å². The first-order valence-corrected chi connectivity index (χ1v) is 6.67. The van der Waals surface area contributed by atoms with Crippen LogP contribution in [0.25, 0.3) is 0 Å². The van der Waals surface area contributed by atoms with E-state index in [0.29, 0.717) is 25.2 Å². The molecule has 1 aromatic carbocycles. The number of aromatic nitrogens is 3. The fourth-order valence-corrected chi connectivity index (χ4v) is 1.97. The molecule has 7 heteroatoms. The van der Waals surface area contributed by atoms with Crippen molar-refractivity contribution in [3.05, 3.63) is 40.4 Å². The van der Waals surface area contributed by atoms with Crippen molar-refractivity contribution >= 4 is 21.6 Å². The maximum Gasteiger partial charge on any atom is 0.125 e. The minimum Gasteiger partial charge on any atom is -0.396 e. The van der Waals surface area contributed by atoms with Crippen LogP contribution in [0.3, 0.4) is 0 Å². The van der Waals surface area contributed by atoms with Gasteiger partial charge in [0.1, 0.15) is 11.5 Å². The summed E-state index contributed by atoms with van der Waals surface area (Å²) in [4.78, 5) is 0. The van der Waals surface area contributed by atoms with Gasteiger partial charge in [-0.15, -0.1) is 5.10 Å². The Morgan fingerprint density at radius 3 is 3.05 bits per heavy atom. The molecule has 0 amide bonds. The average molecular weight is 329 g/mol. The Hall–Kier alpha value is -1.47. The van der Waals surface area contributed by atoms with E-state index in [2.05, 4.69) is 31.6 Å². The Morgan fingerprint density at radius 1 is 1.42 bits per heavy atom. The Balaban J connectivity index is 1.94. The lowest BCUT2D eigenvalue weighted by atomic mass is 10.3. The Morgan fingerprint density at radius 2 is 2.26 bits per heavy atom. The third kappa shape index (κ3) is 4.00. The number of hydrogen-bond donors (Lipinski definition) is 2. The van der Waals surface area contributed by atoms with Gasteiger partial charge in [-0.3, -0.25) is 4.68 Å². The first kappa shape index (κ1) is 14.0. The number of benzene rings is 1. The van der Waals surface area contributed by atoms with Gasteiger partial charge in [0.2, 0.25) is 0 Å². The number of halogens is 2. The summed E-state index contributed by atoms with van der Waals surface area (Å²) in [5.41, 5.74) is 1.43. The van der Waals surface area contributed by atoms with Gasteiger partial charge in [0.25, 0.3) is 0 Å². The summed E-state index contributed by atoms with van der Waals surface area (Å²) in [5.74, 6) is -0.294. The molecular weight excluding hydrogens is 315 g/mol. The van der Waals surface area contributed by atoms with E-state index in [1.54, 1.807) is 16.9 Å². The molecule has 0 radical (unpaired) electrons. The van der Waals surface area contributed by atoms with E-state index in [-0.39, 0.29) is 12.4 Å². The first-order valence-electron chi connectivity index (χ1n) is 5.88. The summed E-state index contributed by atoms with van der Waals surface area (Å²) in [5, 5.41) is 19.7. The molecule has 0 bridgehead atoms. The first-order chi connectivity index (χ1) is 9.19. The summed E-state index contributed by atoms with van der Waals surface area (Å²) in [6.07, 6.45) is 2.45. The van der Waals surface area contributed by atoms with Crippen LogP contribution in [0.4, 0.5) is 10.1 Å². The van der Waals surface area contributed by atoms with Crippen molar-refractivity contribution in [3.8, 4) is 0 Å². The molecule has 0 unspecified atom stereocenters. The second-order valence-electron chi connectivity index (χ2n) is 4.03. The van der Waals surface area contributed by atoms with Crippen LogP contribution in [0.2, 0.25) is 0 Å². The fourth-order valence-electron chi connectivity index (χ4n) is 1.58. The van der Waals surface area contributed by atoms with Crippen molar-refractivity contribution in [1.29, 1.82) is 0 Å². The smallest absolute Gasteiger partial charge is 0.125 e. The van der Waals surface area contributed by atoms with Crippen LogP contribution in [0, 0.1) is 5.82 Å². The van der Waals surface area contributed by atoms with Gasteiger partial charge in [0, 0.05) is 17.6 Å². The van der Waals surface area contributed by atoms with Crippen molar-refractivity contribution in [2.75, 3.05) is 11.9 Å². The lowest BCUT2D eigenvalue weighted by molar-refractivity contribution is 0.276. The quantitative estimate of drug-likeness (QED) is 0.853. The molecule has 2 N–H and O–H groups in total. The zero-order valence-corrected chi connectivity index (χ0v) is 11.8. The van der Waals surface area contributed by atoms with E-state index in [1.807, 2.05) is 0 Å². The van der Waals surface area contributed by atoms with Crippen molar-refractivity contribution in [2.45, 2.75) is 19.5 Å². The normalized spacial score (nSPS) is 10.7. The van der Waals surface area contributed by atoms with Crippen LogP contribution in [0.15, 0.2) is 28.9 Å². The zero-order valence-electron chi connectivity index (χ0n) is 10.2. The van der Waals surface area contributed by atoms with Crippen LogP contribution >= 0.6 is 15.9 Å². The van der Waals surface area contributed by atoms with E-state index in [9.17, 15) is 4.39 Å². The summed E-state index contributed by atoms with van der Waals surface area (Å²) in [6, 6.07) is 4.45. The molecule has 0 aliphatic heterocycles. The molecule has 0 saturated heterocycles. The third-order valence-electron chi connectivity index (χ3n) is 2.52. The van der Waals surface area contributed by atoms with Gasteiger partial charge in [-0.25, -0.2) is 4.39 Å². The number of aryl methyl sites for hydroxylation is 1. The SMILES string of the molecule is OCCCn1cc(CNc2cc(F)ccc2Br)nn1.